The normalized spacial score (nSPS) is 36.7. The molecule has 150 valence electrons. The molecule has 0 aromatic heterocycles. The third-order valence-electron chi connectivity index (χ3n) is 5.13. The van der Waals surface area contributed by atoms with Gasteiger partial charge in [-0.1, -0.05) is 32.1 Å². The third kappa shape index (κ3) is 4.47. The maximum absolute atomic E-state index is 12.4. The van der Waals surface area contributed by atoms with Crippen molar-refractivity contribution in [2.45, 2.75) is 70.9 Å². The maximum atomic E-state index is 12.4. The number of aliphatic hydroxyl groups excluding tert-OH is 1. The number of hydrogen-bond acceptors (Lipinski definition) is 7. The number of allylic oxidation sites excluding steroid dienone is 1. The van der Waals surface area contributed by atoms with Crippen molar-refractivity contribution in [2.75, 3.05) is 0 Å². The number of aliphatic hydroxyl groups is 2. The van der Waals surface area contributed by atoms with Crippen LogP contribution >= 0.6 is 0 Å². The fourth-order valence-corrected chi connectivity index (χ4v) is 3.45. The molecule has 0 saturated carbocycles. The second-order valence-corrected chi connectivity index (χ2v) is 8.02. The predicted octanol–water partition coefficient (Wildman–Crippen LogP) is 1.46. The first-order valence-corrected chi connectivity index (χ1v) is 9.13. The highest BCUT2D eigenvalue weighted by Gasteiger charge is 2.53. The molecule has 7 nitrogen and oxygen atoms in total. The molecule has 2 rings (SSSR count). The minimum absolute atomic E-state index is 0.0157. The van der Waals surface area contributed by atoms with Gasteiger partial charge in [-0.25, -0.2) is 4.79 Å². The summed E-state index contributed by atoms with van der Waals surface area (Å²) in [4.78, 5) is 36.8. The van der Waals surface area contributed by atoms with E-state index in [1.165, 1.54) is 6.92 Å². The van der Waals surface area contributed by atoms with Gasteiger partial charge in [0.2, 0.25) is 0 Å². The Kier molecular flexibility index (Phi) is 6.27. The topological polar surface area (TPSA) is 110 Å². The van der Waals surface area contributed by atoms with Gasteiger partial charge in [0.05, 0.1) is 5.92 Å². The minimum Gasteiger partial charge on any atom is -0.459 e. The van der Waals surface area contributed by atoms with Crippen LogP contribution in [0.5, 0.6) is 0 Å². The summed E-state index contributed by atoms with van der Waals surface area (Å²) in [7, 11) is 0. The lowest BCUT2D eigenvalue weighted by Gasteiger charge is -2.37. The Hall–Kier alpha value is -1.99. The lowest BCUT2D eigenvalue weighted by molar-refractivity contribution is -0.183. The quantitative estimate of drug-likeness (QED) is 0.433. The third-order valence-corrected chi connectivity index (χ3v) is 5.13. The first-order chi connectivity index (χ1) is 12.4. The summed E-state index contributed by atoms with van der Waals surface area (Å²) < 4.78 is 10.9. The Labute approximate surface area is 159 Å². The predicted molar refractivity (Wildman–Crippen MR) is 96.5 cm³/mol. The monoisotopic (exact) mass is 380 g/mol. The fraction of sp³-hybridized carbons (Fsp3) is 0.650. The molecule has 27 heavy (non-hydrogen) atoms. The minimum atomic E-state index is -2.16. The Morgan fingerprint density at radius 2 is 2.07 bits per heavy atom. The highest BCUT2D eigenvalue weighted by Crippen LogP contribution is 2.39. The molecule has 0 radical (unpaired) electrons. The molecular weight excluding hydrogens is 352 g/mol. The van der Waals surface area contributed by atoms with Gasteiger partial charge in [0.15, 0.2) is 5.78 Å². The molecule has 1 heterocycles. The fourth-order valence-electron chi connectivity index (χ4n) is 3.45. The Bertz CT molecular complexity index is 674. The van der Waals surface area contributed by atoms with E-state index in [0.29, 0.717) is 6.42 Å². The van der Waals surface area contributed by atoms with E-state index >= 15 is 0 Å². The van der Waals surface area contributed by atoms with Crippen molar-refractivity contribution in [3.8, 4) is 0 Å². The van der Waals surface area contributed by atoms with E-state index in [2.05, 4.69) is 6.58 Å². The second-order valence-electron chi connectivity index (χ2n) is 8.02. The van der Waals surface area contributed by atoms with Gasteiger partial charge >= 0.3 is 11.9 Å². The van der Waals surface area contributed by atoms with Gasteiger partial charge in [0.25, 0.3) is 0 Å². The van der Waals surface area contributed by atoms with Gasteiger partial charge < -0.3 is 19.7 Å². The molecule has 7 heteroatoms. The number of carbonyl (C=O) groups excluding carboxylic acids is 3. The van der Waals surface area contributed by atoms with Gasteiger partial charge in [-0.3, -0.25) is 9.59 Å². The molecule has 0 unspecified atom stereocenters. The summed E-state index contributed by atoms with van der Waals surface area (Å²) in [5.74, 6) is -2.67. The van der Waals surface area contributed by atoms with Crippen molar-refractivity contribution in [1.29, 1.82) is 0 Å². The van der Waals surface area contributed by atoms with E-state index in [9.17, 15) is 24.6 Å². The maximum Gasteiger partial charge on any atom is 0.334 e. The van der Waals surface area contributed by atoms with Gasteiger partial charge in [0.1, 0.15) is 23.9 Å². The van der Waals surface area contributed by atoms with Crippen LogP contribution in [0.15, 0.2) is 23.8 Å². The number of Topliss-reactive ketones (excluding diaryl/α,β-unsaturated/α-hetero) is 1. The first-order valence-electron chi connectivity index (χ1n) is 9.13. The lowest BCUT2D eigenvalue weighted by atomic mass is 9.77. The first kappa shape index (κ1) is 21.3. The number of esters is 2. The number of ketones is 1. The summed E-state index contributed by atoms with van der Waals surface area (Å²) in [6.07, 6.45) is -1.80. The summed E-state index contributed by atoms with van der Waals surface area (Å²) in [6, 6.07) is 0. The van der Waals surface area contributed by atoms with Gasteiger partial charge in [-0.2, -0.15) is 0 Å². The van der Waals surface area contributed by atoms with E-state index in [-0.39, 0.29) is 24.3 Å². The molecule has 1 saturated heterocycles. The Morgan fingerprint density at radius 1 is 1.44 bits per heavy atom. The van der Waals surface area contributed by atoms with E-state index in [1.54, 1.807) is 13.0 Å². The van der Waals surface area contributed by atoms with Gasteiger partial charge in [-0.05, 0) is 19.8 Å². The molecule has 1 fully saturated rings. The summed E-state index contributed by atoms with van der Waals surface area (Å²) in [5.41, 5.74) is -1.31. The van der Waals surface area contributed by atoms with Crippen LogP contribution in [0.25, 0.3) is 0 Å². The number of hydrogen-bond donors (Lipinski definition) is 2. The molecule has 2 aliphatic rings. The van der Waals surface area contributed by atoms with E-state index in [4.69, 9.17) is 9.47 Å². The van der Waals surface area contributed by atoms with Crippen LogP contribution in [-0.2, 0) is 23.9 Å². The summed E-state index contributed by atoms with van der Waals surface area (Å²) in [6.45, 7) is 10.4. The van der Waals surface area contributed by atoms with Crippen LogP contribution in [0.2, 0.25) is 0 Å². The van der Waals surface area contributed by atoms with Crippen molar-refractivity contribution in [3.63, 3.8) is 0 Å². The largest absolute Gasteiger partial charge is 0.459 e. The van der Waals surface area contributed by atoms with Crippen LogP contribution < -0.4 is 0 Å². The molecule has 0 amide bonds. The molecule has 5 atom stereocenters. The van der Waals surface area contributed by atoms with Crippen LogP contribution in [-0.4, -0.2) is 51.8 Å². The second kappa shape index (κ2) is 7.94. The molecule has 1 aliphatic heterocycles. The van der Waals surface area contributed by atoms with E-state index in [1.807, 2.05) is 13.8 Å². The number of ether oxygens (including phenoxy) is 2. The zero-order valence-electron chi connectivity index (χ0n) is 16.2. The molecular formula is C20H28O7. The summed E-state index contributed by atoms with van der Waals surface area (Å²) >= 11 is 0. The van der Waals surface area contributed by atoms with Crippen molar-refractivity contribution < 1.29 is 34.1 Å². The van der Waals surface area contributed by atoms with Crippen LogP contribution in [0.4, 0.5) is 0 Å². The molecule has 0 aromatic carbocycles. The van der Waals surface area contributed by atoms with Crippen LogP contribution in [0.3, 0.4) is 0 Å². The number of rotatable bonds is 3. The molecule has 2 N–H and O–H groups in total. The van der Waals surface area contributed by atoms with Crippen molar-refractivity contribution >= 4 is 17.7 Å². The Morgan fingerprint density at radius 3 is 2.67 bits per heavy atom. The smallest absolute Gasteiger partial charge is 0.334 e. The average Bonchev–Trinajstić information content (AvgIpc) is 2.82. The SMILES string of the molecule is C=C1C(=O)O[C@@H]2C/C(C)=C\CC(=O)[C@](C)(O)[C@H](O)[C@@H](OC(=O)CC(C)C)[C@@H]12. The van der Waals surface area contributed by atoms with Crippen molar-refractivity contribution in [1.82, 2.24) is 0 Å². The van der Waals surface area contributed by atoms with Gasteiger partial charge in [-0.15, -0.1) is 0 Å². The van der Waals surface area contributed by atoms with E-state index in [0.717, 1.165) is 5.57 Å². The standard InChI is InChI=1S/C20H28O7/c1-10(2)8-15(22)27-17-16-12(4)19(24)26-13(16)9-11(3)6-7-14(21)20(5,25)18(17)23/h6,10,13,16-18,23,25H,4,7-9H2,1-3,5H3/b11-6-/t13-,16+,17+,18-,20+/m1/s1. The summed E-state index contributed by atoms with van der Waals surface area (Å²) in [5, 5.41) is 21.5. The molecule has 0 spiro atoms. The molecule has 0 bridgehead atoms. The Balaban J connectivity index is 2.48. The lowest BCUT2D eigenvalue weighted by Crippen LogP contribution is -2.57. The zero-order chi connectivity index (χ0) is 20.5. The highest BCUT2D eigenvalue weighted by molar-refractivity contribution is 5.92. The zero-order valence-corrected chi connectivity index (χ0v) is 16.2. The van der Waals surface area contributed by atoms with Crippen molar-refractivity contribution in [3.05, 3.63) is 23.8 Å². The van der Waals surface area contributed by atoms with Crippen LogP contribution in [0, 0.1) is 11.8 Å². The average molecular weight is 380 g/mol. The van der Waals surface area contributed by atoms with Crippen molar-refractivity contribution in [2.24, 2.45) is 11.8 Å². The van der Waals surface area contributed by atoms with Gasteiger partial charge in [0, 0.05) is 24.8 Å². The highest BCUT2D eigenvalue weighted by atomic mass is 16.6. The number of fused-ring (bicyclic) bond motifs is 1. The van der Waals surface area contributed by atoms with E-state index < -0.39 is 47.6 Å². The molecule has 1 aliphatic carbocycles. The van der Waals surface area contributed by atoms with Crippen LogP contribution in [0.1, 0.15) is 47.0 Å². The number of carbonyl (C=O) groups is 3. The molecule has 0 aromatic rings.